The summed E-state index contributed by atoms with van der Waals surface area (Å²) in [5, 5.41) is 11.9. The molecular formula is C14H13N3. The number of anilines is 3. The van der Waals surface area contributed by atoms with Gasteiger partial charge in [-0.2, -0.15) is 5.26 Å². The Hall–Kier alpha value is -2.47. The van der Waals surface area contributed by atoms with E-state index in [0.29, 0.717) is 11.3 Å². The van der Waals surface area contributed by atoms with E-state index in [1.807, 2.05) is 37.3 Å². The number of nitriles is 1. The first-order valence-electron chi connectivity index (χ1n) is 5.32. The van der Waals surface area contributed by atoms with Crippen LogP contribution in [-0.4, -0.2) is 0 Å². The van der Waals surface area contributed by atoms with Crippen molar-refractivity contribution in [2.24, 2.45) is 0 Å². The van der Waals surface area contributed by atoms with Gasteiger partial charge in [-0.1, -0.05) is 6.07 Å². The Kier molecular flexibility index (Phi) is 2.97. The number of rotatable bonds is 2. The van der Waals surface area contributed by atoms with Crippen molar-refractivity contribution < 1.29 is 0 Å². The van der Waals surface area contributed by atoms with Crippen molar-refractivity contribution in [1.82, 2.24) is 0 Å². The highest BCUT2D eigenvalue weighted by Crippen LogP contribution is 2.24. The van der Waals surface area contributed by atoms with Gasteiger partial charge in [0.05, 0.1) is 23.0 Å². The Balaban J connectivity index is 2.23. The Morgan fingerprint density at radius 3 is 2.41 bits per heavy atom. The van der Waals surface area contributed by atoms with E-state index in [1.165, 1.54) is 0 Å². The van der Waals surface area contributed by atoms with Crippen molar-refractivity contribution in [3.05, 3.63) is 53.6 Å². The fourth-order valence-electron chi connectivity index (χ4n) is 1.58. The Morgan fingerprint density at radius 1 is 1.12 bits per heavy atom. The molecule has 0 aliphatic carbocycles. The highest BCUT2D eigenvalue weighted by Gasteiger charge is 2.00. The topological polar surface area (TPSA) is 61.8 Å². The molecule has 0 saturated heterocycles. The van der Waals surface area contributed by atoms with Crippen molar-refractivity contribution >= 4 is 17.1 Å². The minimum Gasteiger partial charge on any atom is -0.397 e. The largest absolute Gasteiger partial charge is 0.397 e. The molecule has 84 valence electrons. The SMILES string of the molecule is Cc1ccc(Nc2ccc(C#N)cc2)c(N)c1. The van der Waals surface area contributed by atoms with Gasteiger partial charge in [0, 0.05) is 5.69 Å². The van der Waals surface area contributed by atoms with Gasteiger partial charge in [-0.05, 0) is 48.9 Å². The summed E-state index contributed by atoms with van der Waals surface area (Å²) in [5.74, 6) is 0. The lowest BCUT2D eigenvalue weighted by Crippen LogP contribution is -1.96. The normalized spacial score (nSPS) is 9.65. The molecule has 0 spiro atoms. The minimum absolute atomic E-state index is 0.646. The summed E-state index contributed by atoms with van der Waals surface area (Å²) < 4.78 is 0. The molecule has 0 fully saturated rings. The zero-order valence-corrected chi connectivity index (χ0v) is 9.57. The maximum absolute atomic E-state index is 8.70. The van der Waals surface area contributed by atoms with Gasteiger partial charge in [0.2, 0.25) is 0 Å². The number of nitrogen functional groups attached to an aromatic ring is 1. The fourth-order valence-corrected chi connectivity index (χ4v) is 1.58. The second-order valence-electron chi connectivity index (χ2n) is 3.90. The molecule has 0 heterocycles. The Labute approximate surface area is 101 Å². The van der Waals surface area contributed by atoms with Crippen LogP contribution in [0.3, 0.4) is 0 Å². The van der Waals surface area contributed by atoms with Gasteiger partial charge in [0.1, 0.15) is 0 Å². The van der Waals surface area contributed by atoms with E-state index in [-0.39, 0.29) is 0 Å². The molecule has 0 atom stereocenters. The molecule has 17 heavy (non-hydrogen) atoms. The fraction of sp³-hybridized carbons (Fsp3) is 0.0714. The quantitative estimate of drug-likeness (QED) is 0.768. The summed E-state index contributed by atoms with van der Waals surface area (Å²) in [7, 11) is 0. The predicted molar refractivity (Wildman–Crippen MR) is 70.0 cm³/mol. The highest BCUT2D eigenvalue weighted by atomic mass is 14.9. The summed E-state index contributed by atoms with van der Waals surface area (Å²) in [4.78, 5) is 0. The van der Waals surface area contributed by atoms with Gasteiger partial charge in [0.25, 0.3) is 0 Å². The zero-order valence-electron chi connectivity index (χ0n) is 9.57. The van der Waals surface area contributed by atoms with E-state index in [0.717, 1.165) is 16.9 Å². The zero-order chi connectivity index (χ0) is 12.3. The first-order valence-corrected chi connectivity index (χ1v) is 5.32. The summed E-state index contributed by atoms with van der Waals surface area (Å²) in [5.41, 5.74) is 10.2. The molecule has 0 aliphatic heterocycles. The molecule has 2 aromatic rings. The average molecular weight is 223 g/mol. The van der Waals surface area contributed by atoms with Gasteiger partial charge >= 0.3 is 0 Å². The van der Waals surface area contributed by atoms with E-state index in [2.05, 4.69) is 11.4 Å². The van der Waals surface area contributed by atoms with Crippen LogP contribution in [0, 0.1) is 18.3 Å². The Bertz CT molecular complexity index is 565. The summed E-state index contributed by atoms with van der Waals surface area (Å²) in [6.45, 7) is 2.00. The van der Waals surface area contributed by atoms with Crippen LogP contribution in [0.25, 0.3) is 0 Å². The number of benzene rings is 2. The molecule has 0 amide bonds. The molecule has 0 bridgehead atoms. The maximum Gasteiger partial charge on any atom is 0.0991 e. The monoisotopic (exact) mass is 223 g/mol. The Morgan fingerprint density at radius 2 is 1.82 bits per heavy atom. The smallest absolute Gasteiger partial charge is 0.0991 e. The van der Waals surface area contributed by atoms with Crippen molar-refractivity contribution in [1.29, 1.82) is 5.26 Å². The first kappa shape index (κ1) is 11.0. The molecule has 0 aliphatic rings. The molecule has 3 N–H and O–H groups in total. The summed E-state index contributed by atoms with van der Waals surface area (Å²) >= 11 is 0. The molecule has 0 unspecified atom stereocenters. The molecule has 0 radical (unpaired) electrons. The lowest BCUT2D eigenvalue weighted by molar-refractivity contribution is 1.45. The van der Waals surface area contributed by atoms with Crippen LogP contribution >= 0.6 is 0 Å². The summed E-state index contributed by atoms with van der Waals surface area (Å²) in [6.07, 6.45) is 0. The van der Waals surface area contributed by atoms with Crippen molar-refractivity contribution in [2.45, 2.75) is 6.92 Å². The predicted octanol–water partition coefficient (Wildman–Crippen LogP) is 3.19. The van der Waals surface area contributed by atoms with Crippen LogP contribution < -0.4 is 11.1 Å². The minimum atomic E-state index is 0.646. The van der Waals surface area contributed by atoms with Crippen molar-refractivity contribution in [3.8, 4) is 6.07 Å². The van der Waals surface area contributed by atoms with Crippen molar-refractivity contribution in [2.75, 3.05) is 11.1 Å². The van der Waals surface area contributed by atoms with Gasteiger partial charge in [-0.25, -0.2) is 0 Å². The molecule has 3 heteroatoms. The van der Waals surface area contributed by atoms with Gasteiger partial charge < -0.3 is 11.1 Å². The molecule has 3 nitrogen and oxygen atoms in total. The third-order valence-electron chi connectivity index (χ3n) is 2.50. The number of hydrogen-bond acceptors (Lipinski definition) is 3. The third-order valence-corrected chi connectivity index (χ3v) is 2.50. The molecule has 0 saturated carbocycles. The van der Waals surface area contributed by atoms with Gasteiger partial charge in [-0.15, -0.1) is 0 Å². The van der Waals surface area contributed by atoms with Crippen LogP contribution in [0.5, 0.6) is 0 Å². The number of hydrogen-bond donors (Lipinski definition) is 2. The second-order valence-corrected chi connectivity index (χ2v) is 3.90. The maximum atomic E-state index is 8.70. The van der Waals surface area contributed by atoms with E-state index < -0.39 is 0 Å². The van der Waals surface area contributed by atoms with Crippen molar-refractivity contribution in [3.63, 3.8) is 0 Å². The molecule has 2 aromatic carbocycles. The highest BCUT2D eigenvalue weighted by molar-refractivity contribution is 5.73. The van der Waals surface area contributed by atoms with E-state index in [4.69, 9.17) is 11.0 Å². The molecule has 2 rings (SSSR count). The van der Waals surface area contributed by atoms with Crippen LogP contribution in [0.2, 0.25) is 0 Å². The van der Waals surface area contributed by atoms with E-state index in [1.54, 1.807) is 12.1 Å². The summed E-state index contributed by atoms with van der Waals surface area (Å²) in [6, 6.07) is 15.2. The van der Waals surface area contributed by atoms with Crippen LogP contribution in [-0.2, 0) is 0 Å². The van der Waals surface area contributed by atoms with E-state index in [9.17, 15) is 0 Å². The van der Waals surface area contributed by atoms with Gasteiger partial charge in [0.15, 0.2) is 0 Å². The van der Waals surface area contributed by atoms with Crippen LogP contribution in [0.1, 0.15) is 11.1 Å². The molecular weight excluding hydrogens is 210 g/mol. The lowest BCUT2D eigenvalue weighted by Gasteiger charge is -2.09. The van der Waals surface area contributed by atoms with Crippen LogP contribution in [0.15, 0.2) is 42.5 Å². The second kappa shape index (κ2) is 4.58. The first-order chi connectivity index (χ1) is 8.19. The molecule has 0 aromatic heterocycles. The number of nitrogens with two attached hydrogens (primary N) is 1. The number of aryl methyl sites for hydroxylation is 1. The third kappa shape index (κ3) is 2.56. The number of nitrogens with zero attached hydrogens (tertiary/aromatic N) is 1. The van der Waals surface area contributed by atoms with E-state index >= 15 is 0 Å². The standard InChI is InChI=1S/C14H13N3/c1-10-2-7-14(13(16)8-10)17-12-5-3-11(9-15)4-6-12/h2-8,17H,16H2,1H3. The van der Waals surface area contributed by atoms with Crippen LogP contribution in [0.4, 0.5) is 17.1 Å². The van der Waals surface area contributed by atoms with Gasteiger partial charge in [-0.3, -0.25) is 0 Å². The average Bonchev–Trinajstić information content (AvgIpc) is 2.34. The lowest BCUT2D eigenvalue weighted by atomic mass is 10.1. The number of nitrogens with one attached hydrogen (secondary N) is 1.